The van der Waals surface area contributed by atoms with Crippen LogP contribution in [-0.4, -0.2) is 37.1 Å². The monoisotopic (exact) mass is 268 g/mol. The summed E-state index contributed by atoms with van der Waals surface area (Å²) in [6, 6.07) is 5.22. The van der Waals surface area contributed by atoms with Crippen molar-refractivity contribution in [2.45, 2.75) is 6.42 Å². The SMILES string of the molecule is CN1C(=O)CCN(CC(=O)O)c2cccc(Cl)c21. The molecule has 0 aromatic heterocycles. The second kappa shape index (κ2) is 4.86. The van der Waals surface area contributed by atoms with Gasteiger partial charge in [0.25, 0.3) is 0 Å². The number of carbonyl (C=O) groups excluding carboxylic acids is 1. The zero-order chi connectivity index (χ0) is 13.3. The zero-order valence-corrected chi connectivity index (χ0v) is 10.6. The van der Waals surface area contributed by atoms with Crippen LogP contribution in [0.15, 0.2) is 18.2 Å². The summed E-state index contributed by atoms with van der Waals surface area (Å²) in [5.41, 5.74) is 1.25. The molecule has 0 atom stereocenters. The number of aliphatic carboxylic acids is 1. The summed E-state index contributed by atoms with van der Waals surface area (Å²) in [7, 11) is 1.65. The highest BCUT2D eigenvalue weighted by Gasteiger charge is 2.26. The van der Waals surface area contributed by atoms with E-state index in [0.717, 1.165) is 0 Å². The molecule has 0 bridgehead atoms. The van der Waals surface area contributed by atoms with E-state index in [1.54, 1.807) is 30.1 Å². The fourth-order valence-corrected chi connectivity index (χ4v) is 2.36. The molecule has 0 unspecified atom stereocenters. The van der Waals surface area contributed by atoms with Crippen LogP contribution in [0.25, 0.3) is 0 Å². The molecule has 0 saturated carbocycles. The lowest BCUT2D eigenvalue weighted by Crippen LogP contribution is -2.30. The average molecular weight is 269 g/mol. The Morgan fingerprint density at radius 3 is 2.89 bits per heavy atom. The van der Waals surface area contributed by atoms with Crippen molar-refractivity contribution in [3.63, 3.8) is 0 Å². The molecule has 0 spiro atoms. The largest absolute Gasteiger partial charge is 0.480 e. The number of benzene rings is 1. The standard InChI is InChI=1S/C12H13ClN2O3/c1-14-10(16)5-6-15(7-11(17)18)9-4-2-3-8(13)12(9)14/h2-4H,5-7H2,1H3,(H,17,18). The van der Waals surface area contributed by atoms with Crippen molar-refractivity contribution in [1.82, 2.24) is 0 Å². The summed E-state index contributed by atoms with van der Waals surface area (Å²) in [6.45, 7) is 0.233. The highest BCUT2D eigenvalue weighted by molar-refractivity contribution is 6.34. The van der Waals surface area contributed by atoms with Gasteiger partial charge in [-0.1, -0.05) is 17.7 Å². The minimum atomic E-state index is -0.932. The van der Waals surface area contributed by atoms with Gasteiger partial charge in [-0.25, -0.2) is 0 Å². The molecule has 18 heavy (non-hydrogen) atoms. The van der Waals surface area contributed by atoms with Gasteiger partial charge in [-0.2, -0.15) is 0 Å². The molecule has 2 rings (SSSR count). The molecule has 5 nitrogen and oxygen atoms in total. The number of para-hydroxylation sites is 1. The van der Waals surface area contributed by atoms with E-state index in [1.165, 1.54) is 4.90 Å². The van der Waals surface area contributed by atoms with Gasteiger partial charge < -0.3 is 14.9 Å². The number of nitrogens with zero attached hydrogens (tertiary/aromatic N) is 2. The van der Waals surface area contributed by atoms with Crippen LogP contribution in [0.3, 0.4) is 0 Å². The zero-order valence-electron chi connectivity index (χ0n) is 9.89. The maximum atomic E-state index is 11.9. The number of fused-ring (bicyclic) bond motifs is 1. The number of carboxylic acids is 1. The van der Waals surface area contributed by atoms with Crippen LogP contribution in [0.4, 0.5) is 11.4 Å². The molecular weight excluding hydrogens is 256 g/mol. The molecule has 1 aromatic carbocycles. The van der Waals surface area contributed by atoms with Gasteiger partial charge in [-0.3, -0.25) is 9.59 Å². The Morgan fingerprint density at radius 1 is 1.50 bits per heavy atom. The molecule has 6 heteroatoms. The third-order valence-corrected chi connectivity index (χ3v) is 3.24. The van der Waals surface area contributed by atoms with Crippen molar-refractivity contribution in [1.29, 1.82) is 0 Å². The van der Waals surface area contributed by atoms with Crippen LogP contribution in [0, 0.1) is 0 Å². The summed E-state index contributed by atoms with van der Waals surface area (Å²) >= 11 is 6.11. The van der Waals surface area contributed by atoms with Gasteiger partial charge in [-0.05, 0) is 12.1 Å². The molecule has 1 heterocycles. The Kier molecular flexibility index (Phi) is 3.43. The lowest BCUT2D eigenvalue weighted by Gasteiger charge is -2.24. The number of carboxylic acid groups (broad SMARTS) is 1. The van der Waals surface area contributed by atoms with Gasteiger partial charge in [0.05, 0.1) is 16.4 Å². The van der Waals surface area contributed by atoms with Crippen molar-refractivity contribution in [3.05, 3.63) is 23.2 Å². The Morgan fingerprint density at radius 2 is 2.22 bits per heavy atom. The van der Waals surface area contributed by atoms with E-state index >= 15 is 0 Å². The number of halogens is 1. The maximum absolute atomic E-state index is 11.9. The number of carbonyl (C=O) groups is 2. The normalized spacial score (nSPS) is 15.3. The number of rotatable bonds is 2. The number of anilines is 2. The van der Waals surface area contributed by atoms with Crippen LogP contribution in [0.1, 0.15) is 6.42 Å². The highest BCUT2D eigenvalue weighted by Crippen LogP contribution is 2.37. The van der Waals surface area contributed by atoms with Gasteiger partial charge in [0.15, 0.2) is 0 Å². The molecule has 1 aliphatic rings. The smallest absolute Gasteiger partial charge is 0.323 e. The van der Waals surface area contributed by atoms with E-state index in [2.05, 4.69) is 0 Å². The second-order valence-electron chi connectivity index (χ2n) is 4.13. The molecule has 1 N–H and O–H groups in total. The predicted octanol–water partition coefficient (Wildman–Crippen LogP) is 1.60. The highest BCUT2D eigenvalue weighted by atomic mass is 35.5. The van der Waals surface area contributed by atoms with Gasteiger partial charge in [0.2, 0.25) is 5.91 Å². The topological polar surface area (TPSA) is 60.9 Å². The van der Waals surface area contributed by atoms with Crippen molar-refractivity contribution in [2.75, 3.05) is 29.9 Å². The van der Waals surface area contributed by atoms with Crippen LogP contribution in [0.5, 0.6) is 0 Å². The van der Waals surface area contributed by atoms with E-state index in [9.17, 15) is 9.59 Å². The van der Waals surface area contributed by atoms with Gasteiger partial charge in [0, 0.05) is 20.0 Å². The molecule has 0 saturated heterocycles. The summed E-state index contributed by atoms with van der Waals surface area (Å²) in [5, 5.41) is 9.36. The van der Waals surface area contributed by atoms with Crippen molar-refractivity contribution in [3.8, 4) is 0 Å². The van der Waals surface area contributed by atoms with E-state index in [4.69, 9.17) is 16.7 Å². The quantitative estimate of drug-likeness (QED) is 0.885. The number of hydrogen-bond acceptors (Lipinski definition) is 3. The van der Waals surface area contributed by atoms with Crippen LogP contribution in [0.2, 0.25) is 5.02 Å². The summed E-state index contributed by atoms with van der Waals surface area (Å²) < 4.78 is 0. The van der Waals surface area contributed by atoms with Crippen LogP contribution >= 0.6 is 11.6 Å². The van der Waals surface area contributed by atoms with E-state index < -0.39 is 5.97 Å². The number of amides is 1. The predicted molar refractivity (Wildman–Crippen MR) is 69.3 cm³/mol. The van der Waals surface area contributed by atoms with E-state index in [0.29, 0.717) is 22.9 Å². The molecule has 1 aliphatic heterocycles. The van der Waals surface area contributed by atoms with Gasteiger partial charge >= 0.3 is 5.97 Å². The van der Waals surface area contributed by atoms with Crippen molar-refractivity contribution in [2.24, 2.45) is 0 Å². The van der Waals surface area contributed by atoms with Crippen LogP contribution < -0.4 is 9.80 Å². The second-order valence-corrected chi connectivity index (χ2v) is 4.53. The first-order valence-electron chi connectivity index (χ1n) is 5.52. The molecule has 1 aromatic rings. The van der Waals surface area contributed by atoms with Gasteiger partial charge in [0.1, 0.15) is 6.54 Å². The summed E-state index contributed by atoms with van der Waals surface area (Å²) in [4.78, 5) is 25.9. The Balaban J connectivity index is 2.51. The van der Waals surface area contributed by atoms with E-state index in [1.807, 2.05) is 0 Å². The fraction of sp³-hybridized carbons (Fsp3) is 0.333. The molecule has 0 radical (unpaired) electrons. The fourth-order valence-electron chi connectivity index (χ4n) is 2.06. The average Bonchev–Trinajstić information content (AvgIpc) is 2.42. The lowest BCUT2D eigenvalue weighted by molar-refractivity contribution is -0.135. The van der Waals surface area contributed by atoms with Crippen LogP contribution in [-0.2, 0) is 9.59 Å². The van der Waals surface area contributed by atoms with E-state index in [-0.39, 0.29) is 18.9 Å². The first-order valence-corrected chi connectivity index (χ1v) is 5.90. The van der Waals surface area contributed by atoms with Gasteiger partial charge in [-0.15, -0.1) is 0 Å². The molecule has 96 valence electrons. The third kappa shape index (κ3) is 2.26. The summed E-state index contributed by atoms with van der Waals surface area (Å²) in [6.07, 6.45) is 0.273. The Hall–Kier alpha value is -1.75. The summed E-state index contributed by atoms with van der Waals surface area (Å²) in [5.74, 6) is -1.00. The van der Waals surface area contributed by atoms with Crippen molar-refractivity contribution >= 4 is 34.9 Å². The molecule has 1 amide bonds. The minimum Gasteiger partial charge on any atom is -0.480 e. The van der Waals surface area contributed by atoms with Crippen molar-refractivity contribution < 1.29 is 14.7 Å². The number of hydrogen-bond donors (Lipinski definition) is 1. The minimum absolute atomic E-state index is 0.0720. The Bertz CT molecular complexity index is 504. The third-order valence-electron chi connectivity index (χ3n) is 2.94. The maximum Gasteiger partial charge on any atom is 0.323 e. The molecule has 0 aliphatic carbocycles. The lowest BCUT2D eigenvalue weighted by atomic mass is 10.2. The molecule has 0 fully saturated rings. The Labute approximate surface area is 110 Å². The molecular formula is C12H13ClN2O3. The first kappa shape index (κ1) is 12.7. The first-order chi connectivity index (χ1) is 8.50.